The summed E-state index contributed by atoms with van der Waals surface area (Å²) in [6.07, 6.45) is 4.15. The molecule has 3 aromatic rings. The third-order valence-electron chi connectivity index (χ3n) is 4.08. The van der Waals surface area contributed by atoms with Crippen molar-refractivity contribution in [2.75, 3.05) is 0 Å². The minimum atomic E-state index is -0.0527. The van der Waals surface area contributed by atoms with Crippen LogP contribution in [0.4, 0.5) is 0 Å². The molecular weight excluding hydrogens is 296 g/mol. The van der Waals surface area contributed by atoms with Crippen molar-refractivity contribution in [2.45, 2.75) is 12.7 Å². The molecule has 0 radical (unpaired) electrons. The van der Waals surface area contributed by atoms with Gasteiger partial charge in [0.05, 0.1) is 0 Å². The zero-order valence-corrected chi connectivity index (χ0v) is 13.3. The Bertz CT molecular complexity index is 835. The lowest BCUT2D eigenvalue weighted by atomic mass is 10.0. The highest BCUT2D eigenvalue weighted by atomic mass is 16.5. The van der Waals surface area contributed by atoms with Gasteiger partial charge in [0, 0.05) is 5.56 Å². The van der Waals surface area contributed by atoms with Gasteiger partial charge in [-0.15, -0.1) is 0 Å². The summed E-state index contributed by atoms with van der Waals surface area (Å²) in [5.41, 5.74) is 3.40. The second-order valence-corrected chi connectivity index (χ2v) is 5.78. The average Bonchev–Trinajstić information content (AvgIpc) is 2.67. The van der Waals surface area contributed by atoms with Crippen LogP contribution in [0.5, 0.6) is 11.5 Å². The van der Waals surface area contributed by atoms with Crippen LogP contribution in [0, 0.1) is 0 Å². The zero-order chi connectivity index (χ0) is 16.2. The summed E-state index contributed by atoms with van der Waals surface area (Å²) in [6, 6.07) is 26.4. The lowest BCUT2D eigenvalue weighted by Gasteiger charge is -2.21. The monoisotopic (exact) mass is 314 g/mol. The number of hydrogen-bond acceptors (Lipinski definition) is 2. The van der Waals surface area contributed by atoms with Crippen LogP contribution in [0.15, 0.2) is 84.9 Å². The Labute approximate surface area is 142 Å². The highest BCUT2D eigenvalue weighted by molar-refractivity contribution is 5.60. The van der Waals surface area contributed by atoms with Gasteiger partial charge in [-0.25, -0.2) is 0 Å². The fourth-order valence-corrected chi connectivity index (χ4v) is 2.77. The second kappa shape index (κ2) is 6.63. The van der Waals surface area contributed by atoms with Crippen LogP contribution in [0.3, 0.4) is 0 Å². The molecule has 1 heterocycles. The molecule has 0 fully saturated rings. The van der Waals surface area contributed by atoms with Crippen molar-refractivity contribution in [3.05, 3.63) is 102 Å². The van der Waals surface area contributed by atoms with Gasteiger partial charge in [-0.2, -0.15) is 0 Å². The molecule has 1 aliphatic heterocycles. The van der Waals surface area contributed by atoms with E-state index in [4.69, 9.17) is 9.47 Å². The number of rotatable bonds is 4. The van der Waals surface area contributed by atoms with Crippen LogP contribution in [0.25, 0.3) is 6.08 Å². The van der Waals surface area contributed by atoms with Crippen LogP contribution in [0.1, 0.15) is 22.8 Å². The predicted octanol–water partition coefficient (Wildman–Crippen LogP) is 5.41. The highest BCUT2D eigenvalue weighted by Crippen LogP contribution is 2.32. The summed E-state index contributed by atoms with van der Waals surface area (Å²) in [6.45, 7) is 0.577. The molecule has 118 valence electrons. The molecule has 3 aromatic carbocycles. The van der Waals surface area contributed by atoms with Crippen molar-refractivity contribution in [3.63, 3.8) is 0 Å². The molecule has 4 rings (SSSR count). The van der Waals surface area contributed by atoms with Gasteiger partial charge in [-0.1, -0.05) is 66.7 Å². The van der Waals surface area contributed by atoms with Gasteiger partial charge < -0.3 is 9.47 Å². The number of para-hydroxylation sites is 1. The molecule has 1 aliphatic rings. The van der Waals surface area contributed by atoms with E-state index in [0.717, 1.165) is 28.2 Å². The van der Waals surface area contributed by atoms with E-state index in [1.54, 1.807) is 0 Å². The lowest BCUT2D eigenvalue weighted by Crippen LogP contribution is -2.08. The quantitative estimate of drug-likeness (QED) is 0.641. The number of fused-ring (bicyclic) bond motifs is 1. The second-order valence-electron chi connectivity index (χ2n) is 5.78. The standard InChI is InChI=1S/C22H18O2/c1-2-6-17(7-3-1)16-23-20-13-10-19(11-14-20)22-15-12-18-8-4-5-9-21(18)24-22/h1-15,22H,16H2/t22-/m1/s1. The molecular formula is C22H18O2. The molecule has 0 aliphatic carbocycles. The molecule has 2 nitrogen and oxygen atoms in total. The number of benzene rings is 3. The van der Waals surface area contributed by atoms with Crippen molar-refractivity contribution in [1.29, 1.82) is 0 Å². The highest BCUT2D eigenvalue weighted by Gasteiger charge is 2.15. The van der Waals surface area contributed by atoms with E-state index in [1.807, 2.05) is 48.5 Å². The summed E-state index contributed by atoms with van der Waals surface area (Å²) < 4.78 is 11.9. The summed E-state index contributed by atoms with van der Waals surface area (Å²) >= 11 is 0. The predicted molar refractivity (Wildman–Crippen MR) is 96.1 cm³/mol. The average molecular weight is 314 g/mol. The maximum absolute atomic E-state index is 6.06. The first-order valence-electron chi connectivity index (χ1n) is 8.09. The fraction of sp³-hybridized carbons (Fsp3) is 0.0909. The van der Waals surface area contributed by atoms with Gasteiger partial charge in [0.1, 0.15) is 24.2 Å². The summed E-state index contributed by atoms with van der Waals surface area (Å²) in [5, 5.41) is 0. The van der Waals surface area contributed by atoms with Gasteiger partial charge in [-0.05, 0) is 35.4 Å². The summed E-state index contributed by atoms with van der Waals surface area (Å²) in [5.74, 6) is 1.79. The Morgan fingerprint density at radius 3 is 2.38 bits per heavy atom. The third kappa shape index (κ3) is 3.18. The minimum Gasteiger partial charge on any atom is -0.489 e. The smallest absolute Gasteiger partial charge is 0.142 e. The largest absolute Gasteiger partial charge is 0.489 e. The Balaban J connectivity index is 1.43. The first kappa shape index (κ1) is 14.6. The maximum atomic E-state index is 6.06. The Kier molecular flexibility index (Phi) is 4.03. The van der Waals surface area contributed by atoms with E-state index in [1.165, 1.54) is 0 Å². The van der Waals surface area contributed by atoms with Gasteiger partial charge in [-0.3, -0.25) is 0 Å². The molecule has 0 saturated carbocycles. The minimum absolute atomic E-state index is 0.0527. The number of ether oxygens (including phenoxy) is 2. The van der Waals surface area contributed by atoms with E-state index in [9.17, 15) is 0 Å². The van der Waals surface area contributed by atoms with E-state index in [-0.39, 0.29) is 6.10 Å². The molecule has 24 heavy (non-hydrogen) atoms. The first-order valence-corrected chi connectivity index (χ1v) is 8.09. The van der Waals surface area contributed by atoms with Crippen LogP contribution in [-0.4, -0.2) is 0 Å². The van der Waals surface area contributed by atoms with E-state index in [2.05, 4.69) is 42.5 Å². The molecule has 0 unspecified atom stereocenters. The fourth-order valence-electron chi connectivity index (χ4n) is 2.77. The van der Waals surface area contributed by atoms with Crippen molar-refractivity contribution in [3.8, 4) is 11.5 Å². The van der Waals surface area contributed by atoms with Gasteiger partial charge in [0.2, 0.25) is 0 Å². The maximum Gasteiger partial charge on any atom is 0.142 e. The van der Waals surface area contributed by atoms with Crippen molar-refractivity contribution in [2.24, 2.45) is 0 Å². The van der Waals surface area contributed by atoms with Crippen LogP contribution >= 0.6 is 0 Å². The zero-order valence-electron chi connectivity index (χ0n) is 13.3. The topological polar surface area (TPSA) is 18.5 Å². The first-order chi connectivity index (χ1) is 11.9. The van der Waals surface area contributed by atoms with E-state index < -0.39 is 0 Å². The van der Waals surface area contributed by atoms with Gasteiger partial charge >= 0.3 is 0 Å². The molecule has 0 aromatic heterocycles. The van der Waals surface area contributed by atoms with Crippen LogP contribution in [-0.2, 0) is 6.61 Å². The normalized spacial score (nSPS) is 15.4. The molecule has 0 N–H and O–H groups in total. The molecule has 0 bridgehead atoms. The molecule has 2 heteroatoms. The number of hydrogen-bond donors (Lipinski definition) is 0. The summed E-state index contributed by atoms with van der Waals surface area (Å²) in [7, 11) is 0. The Morgan fingerprint density at radius 2 is 1.54 bits per heavy atom. The van der Waals surface area contributed by atoms with Crippen molar-refractivity contribution >= 4 is 6.08 Å². The van der Waals surface area contributed by atoms with Crippen molar-refractivity contribution in [1.82, 2.24) is 0 Å². The van der Waals surface area contributed by atoms with Gasteiger partial charge in [0.25, 0.3) is 0 Å². The van der Waals surface area contributed by atoms with Gasteiger partial charge in [0.15, 0.2) is 0 Å². The molecule has 0 spiro atoms. The van der Waals surface area contributed by atoms with Crippen LogP contribution < -0.4 is 9.47 Å². The van der Waals surface area contributed by atoms with E-state index in [0.29, 0.717) is 6.61 Å². The van der Waals surface area contributed by atoms with Crippen LogP contribution in [0.2, 0.25) is 0 Å². The molecule has 0 saturated heterocycles. The lowest BCUT2D eigenvalue weighted by molar-refractivity contribution is 0.251. The summed E-state index contributed by atoms with van der Waals surface area (Å²) in [4.78, 5) is 0. The Hall–Kier alpha value is -3.00. The van der Waals surface area contributed by atoms with Crippen molar-refractivity contribution < 1.29 is 9.47 Å². The third-order valence-corrected chi connectivity index (χ3v) is 4.08. The molecule has 1 atom stereocenters. The Morgan fingerprint density at radius 1 is 0.792 bits per heavy atom. The van der Waals surface area contributed by atoms with E-state index >= 15 is 0 Å². The SMILES string of the molecule is C1=C[C@H](c2ccc(OCc3ccccc3)cc2)Oc2ccccc21. The molecule has 0 amide bonds.